The van der Waals surface area contributed by atoms with E-state index in [2.05, 4.69) is 18.3 Å². The Morgan fingerprint density at radius 1 is 1.44 bits per heavy atom. The smallest absolute Gasteiger partial charge is 0.262 e. The summed E-state index contributed by atoms with van der Waals surface area (Å²) in [5.41, 5.74) is 2.23. The monoisotopic (exact) mass is 354 g/mol. The van der Waals surface area contributed by atoms with Crippen LogP contribution >= 0.6 is 11.3 Å². The van der Waals surface area contributed by atoms with Gasteiger partial charge in [0, 0.05) is 10.4 Å². The van der Waals surface area contributed by atoms with Gasteiger partial charge in [0.2, 0.25) is 0 Å². The molecule has 1 amide bonds. The molecule has 1 aromatic heterocycles. The fraction of sp³-hybridized carbons (Fsp3) is 0.316. The largest absolute Gasteiger partial charge is 0.484 e. The molecule has 0 radical (unpaired) electrons. The summed E-state index contributed by atoms with van der Waals surface area (Å²) in [6.45, 7) is 2.06. The average Bonchev–Trinajstić information content (AvgIpc) is 2.96. The highest BCUT2D eigenvalue weighted by molar-refractivity contribution is 7.16. The number of aldehydes is 1. The summed E-state index contributed by atoms with van der Waals surface area (Å²) in [5.74, 6) is 0.821. The minimum Gasteiger partial charge on any atom is -0.484 e. The predicted molar refractivity (Wildman–Crippen MR) is 96.2 cm³/mol. The third kappa shape index (κ3) is 3.89. The molecular formula is C19H18N2O3S. The van der Waals surface area contributed by atoms with Crippen LogP contribution in [0.4, 0.5) is 5.00 Å². The number of nitrogens with one attached hydrogen (secondary N) is 1. The van der Waals surface area contributed by atoms with Crippen LogP contribution in [0.3, 0.4) is 0 Å². The van der Waals surface area contributed by atoms with Crippen LogP contribution in [0.1, 0.15) is 39.7 Å². The van der Waals surface area contributed by atoms with E-state index in [1.807, 2.05) is 0 Å². The van der Waals surface area contributed by atoms with Crippen LogP contribution in [-0.4, -0.2) is 18.8 Å². The summed E-state index contributed by atoms with van der Waals surface area (Å²) in [4.78, 5) is 24.0. The molecule has 1 aliphatic carbocycles. The van der Waals surface area contributed by atoms with Crippen molar-refractivity contribution in [2.24, 2.45) is 5.92 Å². The van der Waals surface area contributed by atoms with Crippen molar-refractivity contribution in [2.75, 3.05) is 11.9 Å². The molecule has 0 saturated heterocycles. The number of nitrogens with zero attached hydrogens (tertiary/aromatic N) is 1. The average molecular weight is 354 g/mol. The summed E-state index contributed by atoms with van der Waals surface area (Å²) in [5, 5.41) is 12.9. The maximum atomic E-state index is 12.2. The molecule has 25 heavy (non-hydrogen) atoms. The van der Waals surface area contributed by atoms with Gasteiger partial charge in [-0.2, -0.15) is 5.26 Å². The van der Waals surface area contributed by atoms with Gasteiger partial charge in [0.05, 0.1) is 5.56 Å². The van der Waals surface area contributed by atoms with E-state index in [0.29, 0.717) is 27.8 Å². The van der Waals surface area contributed by atoms with E-state index in [1.54, 1.807) is 24.3 Å². The van der Waals surface area contributed by atoms with Gasteiger partial charge >= 0.3 is 0 Å². The van der Waals surface area contributed by atoms with Crippen LogP contribution in [0.2, 0.25) is 0 Å². The quantitative estimate of drug-likeness (QED) is 0.833. The van der Waals surface area contributed by atoms with Gasteiger partial charge in [-0.3, -0.25) is 9.59 Å². The molecule has 1 atom stereocenters. The first kappa shape index (κ1) is 17.2. The maximum absolute atomic E-state index is 12.2. The zero-order valence-electron chi connectivity index (χ0n) is 13.9. The van der Waals surface area contributed by atoms with Crippen LogP contribution in [0.25, 0.3) is 0 Å². The van der Waals surface area contributed by atoms with Crippen LogP contribution in [-0.2, 0) is 17.6 Å². The molecule has 2 aromatic rings. The van der Waals surface area contributed by atoms with E-state index in [-0.39, 0.29) is 12.5 Å². The normalized spacial score (nSPS) is 15.8. The Labute approximate surface area is 150 Å². The summed E-state index contributed by atoms with van der Waals surface area (Å²) < 4.78 is 5.43. The van der Waals surface area contributed by atoms with E-state index in [1.165, 1.54) is 16.2 Å². The molecule has 1 aliphatic rings. The molecule has 1 unspecified atom stereocenters. The minimum absolute atomic E-state index is 0.149. The van der Waals surface area contributed by atoms with E-state index >= 15 is 0 Å². The highest BCUT2D eigenvalue weighted by Crippen LogP contribution is 2.39. The molecular weight excluding hydrogens is 336 g/mol. The van der Waals surface area contributed by atoms with E-state index in [9.17, 15) is 14.9 Å². The Hall–Kier alpha value is -2.65. The third-order valence-electron chi connectivity index (χ3n) is 4.26. The lowest BCUT2D eigenvalue weighted by Crippen LogP contribution is -2.20. The van der Waals surface area contributed by atoms with Crippen molar-refractivity contribution >= 4 is 28.5 Å². The van der Waals surface area contributed by atoms with Crippen LogP contribution in [0.15, 0.2) is 24.3 Å². The number of benzene rings is 1. The minimum atomic E-state index is -0.303. The first-order valence-corrected chi connectivity index (χ1v) is 8.95. The van der Waals surface area contributed by atoms with Crippen molar-refractivity contribution in [1.29, 1.82) is 5.26 Å². The first-order valence-electron chi connectivity index (χ1n) is 8.13. The number of anilines is 1. The molecule has 0 spiro atoms. The number of ether oxygens (including phenoxy) is 1. The Balaban J connectivity index is 1.64. The lowest BCUT2D eigenvalue weighted by molar-refractivity contribution is -0.118. The second-order valence-corrected chi connectivity index (χ2v) is 7.30. The second-order valence-electron chi connectivity index (χ2n) is 6.19. The second kappa shape index (κ2) is 7.49. The van der Waals surface area contributed by atoms with Gasteiger partial charge in [-0.1, -0.05) is 6.92 Å². The highest BCUT2D eigenvalue weighted by Gasteiger charge is 2.24. The first-order chi connectivity index (χ1) is 12.1. The topological polar surface area (TPSA) is 79.2 Å². The molecule has 0 bridgehead atoms. The standard InChI is InChI=1S/C19H18N2O3S/c1-12-2-7-15-16(9-20)19(25-17(15)8-12)21-18(23)11-24-14-5-3-13(10-22)4-6-14/h3-6,10,12H,2,7-8,11H2,1H3,(H,21,23). The number of nitriles is 1. The molecule has 0 aliphatic heterocycles. The van der Waals surface area contributed by atoms with Crippen molar-refractivity contribution < 1.29 is 14.3 Å². The number of hydrogen-bond acceptors (Lipinski definition) is 5. The summed E-state index contributed by atoms with van der Waals surface area (Å²) in [6.07, 6.45) is 3.68. The van der Waals surface area contributed by atoms with Crippen LogP contribution < -0.4 is 10.1 Å². The molecule has 3 rings (SSSR count). The Kier molecular flexibility index (Phi) is 5.15. The SMILES string of the molecule is CC1CCc2c(sc(NC(=O)COc3ccc(C=O)cc3)c2C#N)C1. The van der Waals surface area contributed by atoms with Crippen molar-refractivity contribution in [3.05, 3.63) is 45.8 Å². The fourth-order valence-electron chi connectivity index (χ4n) is 2.91. The molecule has 0 saturated carbocycles. The molecule has 128 valence electrons. The Morgan fingerprint density at radius 3 is 2.88 bits per heavy atom. The molecule has 1 heterocycles. The number of carbonyl (C=O) groups excluding carboxylic acids is 2. The molecule has 6 heteroatoms. The molecule has 1 aromatic carbocycles. The third-order valence-corrected chi connectivity index (χ3v) is 5.43. The number of carbonyl (C=O) groups is 2. The molecule has 5 nitrogen and oxygen atoms in total. The summed E-state index contributed by atoms with van der Waals surface area (Å²) >= 11 is 1.50. The van der Waals surface area contributed by atoms with E-state index in [4.69, 9.17) is 4.74 Å². The molecule has 1 N–H and O–H groups in total. The van der Waals surface area contributed by atoms with Crippen molar-refractivity contribution in [3.63, 3.8) is 0 Å². The van der Waals surface area contributed by atoms with Crippen LogP contribution in [0.5, 0.6) is 5.75 Å². The zero-order valence-corrected chi connectivity index (χ0v) is 14.7. The van der Waals surface area contributed by atoms with E-state index in [0.717, 1.165) is 31.1 Å². The summed E-state index contributed by atoms with van der Waals surface area (Å²) in [6, 6.07) is 8.77. The van der Waals surface area contributed by atoms with Gasteiger partial charge in [-0.25, -0.2) is 0 Å². The Bertz CT molecular complexity index is 834. The van der Waals surface area contributed by atoms with Crippen LogP contribution in [0, 0.1) is 17.2 Å². The van der Waals surface area contributed by atoms with Gasteiger partial charge in [0.1, 0.15) is 23.1 Å². The number of thiophene rings is 1. The van der Waals surface area contributed by atoms with Crippen molar-refractivity contribution in [3.8, 4) is 11.8 Å². The van der Waals surface area contributed by atoms with Gasteiger partial charge in [0.25, 0.3) is 5.91 Å². The predicted octanol–water partition coefficient (Wildman–Crippen LogP) is 3.57. The number of rotatable bonds is 5. The van der Waals surface area contributed by atoms with Crippen molar-refractivity contribution in [1.82, 2.24) is 0 Å². The maximum Gasteiger partial charge on any atom is 0.262 e. The number of hydrogen-bond donors (Lipinski definition) is 1. The lowest BCUT2D eigenvalue weighted by atomic mass is 9.89. The van der Waals surface area contributed by atoms with Gasteiger partial charge in [-0.15, -0.1) is 11.3 Å². The highest BCUT2D eigenvalue weighted by atomic mass is 32.1. The van der Waals surface area contributed by atoms with Gasteiger partial charge < -0.3 is 10.1 Å². The lowest BCUT2D eigenvalue weighted by Gasteiger charge is -2.17. The number of fused-ring (bicyclic) bond motifs is 1. The van der Waals surface area contributed by atoms with Gasteiger partial charge in [-0.05, 0) is 55.0 Å². The van der Waals surface area contributed by atoms with Gasteiger partial charge in [0.15, 0.2) is 6.61 Å². The number of amides is 1. The van der Waals surface area contributed by atoms with E-state index < -0.39 is 0 Å². The summed E-state index contributed by atoms with van der Waals surface area (Å²) in [7, 11) is 0. The zero-order chi connectivity index (χ0) is 17.8. The van der Waals surface area contributed by atoms with Crippen molar-refractivity contribution in [2.45, 2.75) is 26.2 Å². The fourth-order valence-corrected chi connectivity index (χ4v) is 4.29. The Morgan fingerprint density at radius 2 is 2.20 bits per heavy atom. The molecule has 0 fully saturated rings.